The summed E-state index contributed by atoms with van der Waals surface area (Å²) in [7, 11) is 1.66. The van der Waals surface area contributed by atoms with Gasteiger partial charge in [0.25, 0.3) is 6.43 Å². The summed E-state index contributed by atoms with van der Waals surface area (Å²) < 4.78 is 34.2. The number of anilines is 3. The van der Waals surface area contributed by atoms with Crippen LogP contribution >= 0.6 is 40.2 Å². The molecule has 1 aliphatic rings. The lowest BCUT2D eigenvalue weighted by Crippen LogP contribution is -2.14. The minimum Gasteiger partial charge on any atom is -0.377 e. The number of nitrogens with one attached hydrogen (secondary N) is 2. The van der Waals surface area contributed by atoms with E-state index in [9.17, 15) is 13.6 Å². The number of carbonyl (C=O) groups is 1. The van der Waals surface area contributed by atoms with Crippen LogP contribution in [0.4, 0.5) is 26.0 Å². The van der Waals surface area contributed by atoms with Gasteiger partial charge >= 0.3 is 0 Å². The van der Waals surface area contributed by atoms with Gasteiger partial charge in [-0.15, -0.1) is 11.8 Å². The first-order valence-electron chi connectivity index (χ1n) is 11.2. The summed E-state index contributed by atoms with van der Waals surface area (Å²) in [6.45, 7) is 5.97. The van der Waals surface area contributed by atoms with E-state index in [-0.39, 0.29) is 30.1 Å². The number of halogens is 3. The highest BCUT2D eigenvalue weighted by molar-refractivity contribution is 14.2. The lowest BCUT2D eigenvalue weighted by atomic mass is 10.1. The predicted octanol–water partition coefficient (Wildman–Crippen LogP) is 7.71. The second kappa shape index (κ2) is 12.6. The summed E-state index contributed by atoms with van der Waals surface area (Å²) >= 11 is 3.59. The molecule has 1 aromatic carbocycles. The van der Waals surface area contributed by atoms with E-state index in [0.29, 0.717) is 22.7 Å². The maximum atomic E-state index is 13.7. The Morgan fingerprint density at radius 2 is 1.97 bits per heavy atom. The van der Waals surface area contributed by atoms with Gasteiger partial charge in [0, 0.05) is 24.0 Å². The van der Waals surface area contributed by atoms with Gasteiger partial charge in [-0.2, -0.15) is 0 Å². The number of hydrogen-bond donors (Lipinski definition) is 2. The molecule has 2 unspecified atom stereocenters. The van der Waals surface area contributed by atoms with Crippen LogP contribution in [0.15, 0.2) is 29.2 Å². The van der Waals surface area contributed by atoms with E-state index >= 15 is 0 Å². The average Bonchev–Trinajstić information content (AvgIpc) is 3.65. The van der Waals surface area contributed by atoms with E-state index in [2.05, 4.69) is 20.6 Å². The Labute approximate surface area is 222 Å². The number of ether oxygens (including phenoxy) is 1. The van der Waals surface area contributed by atoms with E-state index < -0.39 is 6.43 Å². The van der Waals surface area contributed by atoms with Crippen LogP contribution in [0.5, 0.6) is 0 Å². The Morgan fingerprint density at radius 3 is 2.54 bits per heavy atom. The number of imidazole rings is 1. The number of carbonyl (C=O) groups excluding carboxylic acids is 1. The van der Waals surface area contributed by atoms with Crippen LogP contribution in [0.3, 0.4) is 0 Å². The summed E-state index contributed by atoms with van der Waals surface area (Å²) in [6.07, 6.45) is 0.849. The minimum absolute atomic E-state index is 0.00898. The molecule has 2 aromatic heterocycles. The van der Waals surface area contributed by atoms with Crippen LogP contribution in [-0.2, 0) is 9.53 Å². The molecule has 190 valence electrons. The Bertz CT molecular complexity index is 1190. The first kappa shape index (κ1) is 28.0. The standard InChI is InChI=1S/C21H23F2IN5O2PS.C2H6/c1-10(31-2)12-6-7-13(15(8-12)33-3)25-14-9-16(27-21(30)11-4-5-11)26-19-17(14)28-20(18(22)23)29(19)32-24;1-2/h6-11,18,32H,4-5H2,1-3H3,(H2,25,26,27,30);1-2H3. The molecular weight excluding hydrogens is 606 g/mol. The zero-order valence-corrected chi connectivity index (χ0v) is 24.1. The number of rotatable bonds is 9. The van der Waals surface area contributed by atoms with Crippen molar-refractivity contribution in [2.45, 2.75) is 51.0 Å². The van der Waals surface area contributed by atoms with Crippen molar-refractivity contribution in [3.05, 3.63) is 35.7 Å². The van der Waals surface area contributed by atoms with Gasteiger partial charge in [0.05, 0.1) is 23.9 Å². The fraction of sp³-hybridized carbons (Fsp3) is 0.435. The van der Waals surface area contributed by atoms with Gasteiger partial charge in [-0.05, 0) is 65.8 Å². The zero-order valence-electron chi connectivity index (χ0n) is 20.2. The van der Waals surface area contributed by atoms with Crippen molar-refractivity contribution in [2.75, 3.05) is 24.0 Å². The Morgan fingerprint density at radius 1 is 1.26 bits per heavy atom. The maximum absolute atomic E-state index is 13.7. The molecule has 0 radical (unpaired) electrons. The molecular formula is C23H29F2IN5O2PS. The smallest absolute Gasteiger partial charge is 0.295 e. The van der Waals surface area contributed by atoms with E-state index in [4.69, 9.17) is 4.74 Å². The van der Waals surface area contributed by atoms with Crippen molar-refractivity contribution in [3.63, 3.8) is 0 Å². The van der Waals surface area contributed by atoms with Crippen LogP contribution < -0.4 is 10.6 Å². The number of aromatic nitrogens is 3. The number of alkyl halides is 2. The van der Waals surface area contributed by atoms with Crippen LogP contribution in [0, 0.1) is 5.92 Å². The number of fused-ring (bicyclic) bond motifs is 1. The molecule has 35 heavy (non-hydrogen) atoms. The second-order valence-corrected chi connectivity index (χ2v) is 10.6. The normalized spacial score (nSPS) is 14.3. The van der Waals surface area contributed by atoms with Crippen LogP contribution in [0.1, 0.15) is 57.5 Å². The molecule has 7 nitrogen and oxygen atoms in total. The molecule has 1 amide bonds. The molecule has 12 heteroatoms. The third kappa shape index (κ3) is 6.42. The summed E-state index contributed by atoms with van der Waals surface area (Å²) in [4.78, 5) is 22.0. The summed E-state index contributed by atoms with van der Waals surface area (Å²) in [6, 6.07) is 7.57. The lowest BCUT2D eigenvalue weighted by Gasteiger charge is -2.16. The fourth-order valence-electron chi connectivity index (χ4n) is 3.37. The molecule has 0 spiro atoms. The van der Waals surface area contributed by atoms with Gasteiger partial charge in [-0.1, -0.05) is 19.9 Å². The van der Waals surface area contributed by atoms with Gasteiger partial charge in [0.2, 0.25) is 5.91 Å². The summed E-state index contributed by atoms with van der Waals surface area (Å²) in [5.41, 5.74) is 2.97. The Kier molecular flexibility index (Phi) is 10.1. The molecule has 1 aliphatic carbocycles. The minimum atomic E-state index is -2.74. The van der Waals surface area contributed by atoms with E-state index in [1.54, 1.807) is 24.9 Å². The Balaban J connectivity index is 0.00000167. The van der Waals surface area contributed by atoms with Gasteiger partial charge in [0.15, 0.2) is 11.5 Å². The number of thioether (sulfide) groups is 1. The number of benzene rings is 1. The topological polar surface area (TPSA) is 81.1 Å². The molecule has 2 N–H and O–H groups in total. The second-order valence-electron chi connectivity index (χ2n) is 7.64. The van der Waals surface area contributed by atoms with Gasteiger partial charge in [-0.25, -0.2) is 18.7 Å². The first-order valence-corrected chi connectivity index (χ1v) is 16.5. The molecule has 4 rings (SSSR count). The molecule has 1 saturated carbocycles. The first-order chi connectivity index (χ1) is 16.9. The number of methoxy groups -OCH3 is 1. The average molecular weight is 635 g/mol. The number of amides is 1. The zero-order chi connectivity index (χ0) is 25.7. The maximum Gasteiger partial charge on any atom is 0.295 e. The van der Waals surface area contributed by atoms with Crippen molar-refractivity contribution in [2.24, 2.45) is 5.92 Å². The quantitative estimate of drug-likeness (QED) is 0.143. The van der Waals surface area contributed by atoms with E-state index in [1.807, 2.05) is 67.3 Å². The number of pyridine rings is 1. The molecule has 0 bridgehead atoms. The van der Waals surface area contributed by atoms with Crippen molar-refractivity contribution >= 4 is 74.4 Å². The third-order valence-corrected chi connectivity index (χ3v) is 8.27. The van der Waals surface area contributed by atoms with Crippen LogP contribution in [-0.4, -0.2) is 33.6 Å². The van der Waals surface area contributed by atoms with Gasteiger partial charge < -0.3 is 15.4 Å². The van der Waals surface area contributed by atoms with E-state index in [0.717, 1.165) is 29.0 Å². The highest BCUT2D eigenvalue weighted by Gasteiger charge is 2.30. The molecule has 1 fully saturated rings. The summed E-state index contributed by atoms with van der Waals surface area (Å²) in [5, 5.41) is 6.17. The van der Waals surface area contributed by atoms with E-state index in [1.165, 1.54) is 4.34 Å². The van der Waals surface area contributed by atoms with Gasteiger partial charge in [0.1, 0.15) is 11.3 Å². The molecule has 2 heterocycles. The highest BCUT2D eigenvalue weighted by Crippen LogP contribution is 2.40. The monoisotopic (exact) mass is 635 g/mol. The van der Waals surface area contributed by atoms with Crippen molar-refractivity contribution in [1.29, 1.82) is 0 Å². The van der Waals surface area contributed by atoms with Crippen molar-refractivity contribution < 1.29 is 18.3 Å². The number of hydrogen-bond acceptors (Lipinski definition) is 6. The molecule has 0 saturated heterocycles. The Hall–Kier alpha value is -1.56. The highest BCUT2D eigenvalue weighted by atomic mass is 127. The third-order valence-electron chi connectivity index (χ3n) is 5.44. The fourth-order valence-corrected chi connectivity index (χ4v) is 5.86. The SMILES string of the molecule is CC.COC(C)c1ccc(Nc2cc(NC(=O)C3CC3)nc3c2nc(C(F)F)n3PI)c(SC)c1. The predicted molar refractivity (Wildman–Crippen MR) is 150 cm³/mol. The number of nitrogens with zero attached hydrogens (tertiary/aromatic N) is 3. The van der Waals surface area contributed by atoms with Crippen LogP contribution in [0.2, 0.25) is 0 Å². The van der Waals surface area contributed by atoms with Gasteiger partial charge in [-0.3, -0.25) is 9.13 Å². The molecule has 2 atom stereocenters. The van der Waals surface area contributed by atoms with Crippen molar-refractivity contribution in [3.8, 4) is 0 Å². The molecule has 0 aliphatic heterocycles. The largest absolute Gasteiger partial charge is 0.377 e. The summed E-state index contributed by atoms with van der Waals surface area (Å²) in [5.74, 6) is -0.139. The van der Waals surface area contributed by atoms with Crippen molar-refractivity contribution in [1.82, 2.24) is 14.3 Å². The van der Waals surface area contributed by atoms with Crippen LogP contribution in [0.25, 0.3) is 11.2 Å². The molecule has 3 aromatic rings. The lowest BCUT2D eigenvalue weighted by molar-refractivity contribution is -0.117.